The zero-order chi connectivity index (χ0) is 21.3. The van der Waals surface area contributed by atoms with E-state index in [2.05, 4.69) is 15.6 Å². The molecule has 1 atom stereocenters. The number of hydrogen-bond donors (Lipinski definition) is 2. The van der Waals surface area contributed by atoms with E-state index >= 15 is 0 Å². The number of fused-ring (bicyclic) bond motifs is 1. The summed E-state index contributed by atoms with van der Waals surface area (Å²) >= 11 is 1.43. The molecule has 0 saturated carbocycles. The smallest absolute Gasteiger partial charge is 0.252 e. The van der Waals surface area contributed by atoms with E-state index in [1.165, 1.54) is 11.3 Å². The van der Waals surface area contributed by atoms with Crippen molar-refractivity contribution in [2.75, 3.05) is 5.32 Å². The lowest BCUT2D eigenvalue weighted by molar-refractivity contribution is -0.118. The van der Waals surface area contributed by atoms with Gasteiger partial charge in [-0.3, -0.25) is 14.6 Å². The summed E-state index contributed by atoms with van der Waals surface area (Å²) in [6.07, 6.45) is 5.02. The summed E-state index contributed by atoms with van der Waals surface area (Å²) < 4.78 is 0. The lowest BCUT2D eigenvalue weighted by Crippen LogP contribution is -2.43. The topological polar surface area (TPSA) is 88.2 Å². The Morgan fingerprint density at radius 1 is 1.10 bits per heavy atom. The van der Waals surface area contributed by atoms with Gasteiger partial charge in [0.25, 0.3) is 5.91 Å². The molecular weight excluding hydrogens is 398 g/mol. The quantitative estimate of drug-likeness (QED) is 0.468. The molecule has 3 aromatic rings. The molecule has 0 aliphatic carbocycles. The molecule has 7 heteroatoms. The number of ketones is 1. The maximum Gasteiger partial charge on any atom is 0.252 e. The van der Waals surface area contributed by atoms with Crippen molar-refractivity contribution in [3.63, 3.8) is 0 Å². The minimum Gasteiger partial charge on any atom is -0.340 e. The number of benzene rings is 1. The van der Waals surface area contributed by atoms with Crippen LogP contribution in [0.4, 0.5) is 5.69 Å². The summed E-state index contributed by atoms with van der Waals surface area (Å²) in [7, 11) is 0. The first-order chi connectivity index (χ1) is 14.5. The summed E-state index contributed by atoms with van der Waals surface area (Å²) in [4.78, 5) is 40.9. The van der Waals surface area contributed by atoms with Gasteiger partial charge in [-0.1, -0.05) is 31.0 Å². The van der Waals surface area contributed by atoms with Gasteiger partial charge in [0, 0.05) is 17.2 Å². The average molecular weight is 424 g/mol. The molecule has 0 aliphatic heterocycles. The molecular formula is C23H25N3O3S. The fraction of sp³-hybridized carbons (Fsp3) is 0.304. The maximum absolute atomic E-state index is 12.9. The van der Waals surface area contributed by atoms with Crippen LogP contribution in [0.2, 0.25) is 0 Å². The lowest BCUT2D eigenvalue weighted by Gasteiger charge is -2.18. The first-order valence-electron chi connectivity index (χ1n) is 10.0. The van der Waals surface area contributed by atoms with Crippen LogP contribution in [-0.4, -0.2) is 28.6 Å². The van der Waals surface area contributed by atoms with Crippen LogP contribution in [0.3, 0.4) is 0 Å². The molecule has 2 aromatic heterocycles. The van der Waals surface area contributed by atoms with E-state index in [4.69, 9.17) is 0 Å². The molecule has 2 heterocycles. The molecule has 156 valence electrons. The van der Waals surface area contributed by atoms with Crippen molar-refractivity contribution >= 4 is 45.5 Å². The first-order valence-corrected chi connectivity index (χ1v) is 11.0. The fourth-order valence-electron chi connectivity index (χ4n) is 3.17. The molecule has 1 aromatic carbocycles. The number of nitrogens with one attached hydrogen (secondary N) is 2. The highest BCUT2D eigenvalue weighted by Gasteiger charge is 2.21. The molecule has 30 heavy (non-hydrogen) atoms. The highest BCUT2D eigenvalue weighted by molar-refractivity contribution is 7.08. The molecule has 3 rings (SSSR count). The second-order valence-electron chi connectivity index (χ2n) is 7.25. The van der Waals surface area contributed by atoms with Gasteiger partial charge in [-0.15, -0.1) is 0 Å². The van der Waals surface area contributed by atoms with Crippen LogP contribution in [0.5, 0.6) is 0 Å². The fourth-order valence-corrected chi connectivity index (χ4v) is 3.81. The molecule has 0 saturated heterocycles. The number of Topliss-reactive ketones (excluding diaryl/α,β-unsaturated/α-hetero) is 1. The molecule has 0 aliphatic rings. The van der Waals surface area contributed by atoms with E-state index in [1.54, 1.807) is 24.6 Å². The highest BCUT2D eigenvalue weighted by atomic mass is 32.1. The standard InChI is InChI=1S/C23H25N3O3S/c1-16(27)7-3-2-4-10-21(26-22(28)18-11-12-30-15-18)23(29)25-19-13-17-8-5-6-9-20(17)24-14-19/h5-6,8-9,11-15,21H,2-4,7,10H2,1H3,(H,25,29)(H,26,28)/t21-/m1/s1. The third-order valence-corrected chi connectivity index (χ3v) is 5.47. The Kier molecular flexibility index (Phi) is 7.68. The molecule has 0 fully saturated rings. The summed E-state index contributed by atoms with van der Waals surface area (Å²) in [5, 5.41) is 10.2. The third kappa shape index (κ3) is 6.22. The molecule has 0 radical (unpaired) electrons. The maximum atomic E-state index is 12.9. The summed E-state index contributed by atoms with van der Waals surface area (Å²) in [6.45, 7) is 1.58. The highest BCUT2D eigenvalue weighted by Crippen LogP contribution is 2.17. The number of thiophene rings is 1. The van der Waals surface area contributed by atoms with E-state index < -0.39 is 6.04 Å². The molecule has 2 N–H and O–H groups in total. The number of nitrogens with zero attached hydrogens (tertiary/aromatic N) is 1. The van der Waals surface area contributed by atoms with Crippen LogP contribution < -0.4 is 10.6 Å². The van der Waals surface area contributed by atoms with E-state index in [1.807, 2.05) is 35.7 Å². The van der Waals surface area contributed by atoms with Gasteiger partial charge in [-0.05, 0) is 43.3 Å². The van der Waals surface area contributed by atoms with E-state index in [0.29, 0.717) is 24.1 Å². The third-order valence-electron chi connectivity index (χ3n) is 4.78. The minimum atomic E-state index is -0.666. The van der Waals surface area contributed by atoms with Crippen molar-refractivity contribution < 1.29 is 14.4 Å². The largest absolute Gasteiger partial charge is 0.340 e. The number of unbranched alkanes of at least 4 members (excludes halogenated alkanes) is 2. The van der Waals surface area contributed by atoms with E-state index in [0.717, 1.165) is 30.2 Å². The zero-order valence-corrected chi connectivity index (χ0v) is 17.7. The molecule has 6 nitrogen and oxygen atoms in total. The summed E-state index contributed by atoms with van der Waals surface area (Å²) in [6, 6.07) is 10.6. The van der Waals surface area contributed by atoms with Gasteiger partial charge in [-0.2, -0.15) is 11.3 Å². The second kappa shape index (κ2) is 10.6. The van der Waals surface area contributed by atoms with Gasteiger partial charge in [0.05, 0.1) is 23.0 Å². The number of pyridine rings is 1. The summed E-state index contributed by atoms with van der Waals surface area (Å²) in [5.74, 6) is -0.377. The Morgan fingerprint density at radius 2 is 1.93 bits per heavy atom. The van der Waals surface area contributed by atoms with Crippen molar-refractivity contribution in [3.05, 3.63) is 58.9 Å². The van der Waals surface area contributed by atoms with Crippen LogP contribution in [0, 0.1) is 0 Å². The van der Waals surface area contributed by atoms with Gasteiger partial charge in [0.2, 0.25) is 5.91 Å². The Bertz CT molecular complexity index is 1020. The van der Waals surface area contributed by atoms with Crippen LogP contribution in [0.1, 0.15) is 49.4 Å². The number of amides is 2. The van der Waals surface area contributed by atoms with Crippen LogP contribution in [0.15, 0.2) is 53.4 Å². The van der Waals surface area contributed by atoms with E-state index in [-0.39, 0.29) is 17.6 Å². The van der Waals surface area contributed by atoms with Crippen LogP contribution >= 0.6 is 11.3 Å². The number of carbonyl (C=O) groups excluding carboxylic acids is 3. The van der Waals surface area contributed by atoms with Crippen LogP contribution in [-0.2, 0) is 9.59 Å². The Morgan fingerprint density at radius 3 is 2.70 bits per heavy atom. The monoisotopic (exact) mass is 423 g/mol. The Labute approximate surface area is 179 Å². The van der Waals surface area contributed by atoms with E-state index in [9.17, 15) is 14.4 Å². The Hall–Kier alpha value is -3.06. The number of hydrogen-bond acceptors (Lipinski definition) is 5. The van der Waals surface area contributed by atoms with Crippen molar-refractivity contribution in [2.45, 2.75) is 45.1 Å². The predicted octanol–water partition coefficient (Wildman–Crippen LogP) is 4.57. The number of anilines is 1. The number of carbonyl (C=O) groups is 3. The van der Waals surface area contributed by atoms with Gasteiger partial charge >= 0.3 is 0 Å². The number of para-hydroxylation sites is 1. The van der Waals surface area contributed by atoms with Crippen molar-refractivity contribution in [2.24, 2.45) is 0 Å². The van der Waals surface area contributed by atoms with Gasteiger partial charge in [-0.25, -0.2) is 0 Å². The minimum absolute atomic E-state index is 0.166. The van der Waals surface area contributed by atoms with Crippen LogP contribution in [0.25, 0.3) is 10.9 Å². The van der Waals surface area contributed by atoms with Crippen molar-refractivity contribution in [3.8, 4) is 0 Å². The van der Waals surface area contributed by atoms with Crippen molar-refractivity contribution in [1.82, 2.24) is 10.3 Å². The molecule has 0 spiro atoms. The summed E-state index contributed by atoms with van der Waals surface area (Å²) in [5.41, 5.74) is 1.98. The van der Waals surface area contributed by atoms with Gasteiger partial charge < -0.3 is 15.4 Å². The van der Waals surface area contributed by atoms with Gasteiger partial charge in [0.15, 0.2) is 0 Å². The SMILES string of the molecule is CC(=O)CCCCC[C@@H](NC(=O)c1ccsc1)C(=O)Nc1cnc2ccccc2c1. The Balaban J connectivity index is 1.65. The number of rotatable bonds is 10. The second-order valence-corrected chi connectivity index (χ2v) is 8.03. The normalized spacial score (nSPS) is 11.8. The molecule has 0 bridgehead atoms. The zero-order valence-electron chi connectivity index (χ0n) is 16.9. The average Bonchev–Trinajstić information content (AvgIpc) is 3.27. The number of aromatic nitrogens is 1. The van der Waals surface area contributed by atoms with Gasteiger partial charge in [0.1, 0.15) is 11.8 Å². The van der Waals surface area contributed by atoms with Crippen molar-refractivity contribution in [1.29, 1.82) is 0 Å². The lowest BCUT2D eigenvalue weighted by atomic mass is 10.0. The predicted molar refractivity (Wildman–Crippen MR) is 120 cm³/mol. The first kappa shape index (κ1) is 21.6. The molecule has 0 unspecified atom stereocenters. The molecule has 2 amide bonds.